The molecule has 180 valence electrons. The predicted octanol–water partition coefficient (Wildman–Crippen LogP) is 3.30. The first kappa shape index (κ1) is 24.2. The van der Waals surface area contributed by atoms with Crippen LogP contribution in [0.2, 0.25) is 5.02 Å². The van der Waals surface area contributed by atoms with Gasteiger partial charge in [0.1, 0.15) is 6.54 Å². The highest BCUT2D eigenvalue weighted by Gasteiger charge is 2.19. The Morgan fingerprint density at radius 3 is 2.62 bits per heavy atom. The molecule has 1 amide bonds. The number of likely N-dealkylation sites (tertiary alicyclic amines) is 1. The smallest absolute Gasteiger partial charge is 0.351 e. The Bertz CT molecular complexity index is 1180. The summed E-state index contributed by atoms with van der Waals surface area (Å²) in [6.07, 6.45) is 6.39. The minimum absolute atomic E-state index is 0.0328. The molecule has 0 unspecified atom stereocenters. The molecule has 0 saturated carbocycles. The van der Waals surface area contributed by atoms with Gasteiger partial charge in [0.15, 0.2) is 5.82 Å². The van der Waals surface area contributed by atoms with Gasteiger partial charge in [0.2, 0.25) is 5.91 Å². The molecule has 0 spiro atoms. The van der Waals surface area contributed by atoms with Crippen LogP contribution in [-0.4, -0.2) is 55.8 Å². The van der Waals surface area contributed by atoms with E-state index in [1.165, 1.54) is 28.5 Å². The topological polar surface area (TPSA) is 85.1 Å². The zero-order chi connectivity index (χ0) is 24.1. The second-order valence-electron chi connectivity index (χ2n) is 9.00. The van der Waals surface area contributed by atoms with Gasteiger partial charge in [0.05, 0.1) is 11.9 Å². The van der Waals surface area contributed by atoms with Crippen LogP contribution in [0, 0.1) is 0 Å². The van der Waals surface area contributed by atoms with E-state index in [-0.39, 0.29) is 18.5 Å². The van der Waals surface area contributed by atoms with Gasteiger partial charge in [-0.25, -0.2) is 4.79 Å². The molecule has 1 saturated heterocycles. The van der Waals surface area contributed by atoms with Gasteiger partial charge in [-0.1, -0.05) is 30.2 Å². The molecule has 1 aromatic carbocycles. The van der Waals surface area contributed by atoms with Crippen molar-refractivity contribution in [2.45, 2.75) is 52.1 Å². The molecule has 1 aliphatic rings. The van der Waals surface area contributed by atoms with E-state index < -0.39 is 5.69 Å². The second-order valence-corrected chi connectivity index (χ2v) is 9.43. The van der Waals surface area contributed by atoms with E-state index in [9.17, 15) is 9.59 Å². The molecule has 4 rings (SSSR count). The molecule has 8 nitrogen and oxygen atoms in total. The van der Waals surface area contributed by atoms with E-state index in [0.717, 1.165) is 31.7 Å². The Kier molecular flexibility index (Phi) is 7.80. The molecule has 0 bridgehead atoms. The highest BCUT2D eigenvalue weighted by molar-refractivity contribution is 6.30. The third kappa shape index (κ3) is 5.93. The monoisotopic (exact) mass is 482 g/mol. The summed E-state index contributed by atoms with van der Waals surface area (Å²) in [5.41, 5.74) is 1.79. The first-order valence-corrected chi connectivity index (χ1v) is 12.2. The van der Waals surface area contributed by atoms with Crippen molar-refractivity contribution in [1.82, 2.24) is 29.5 Å². The summed E-state index contributed by atoms with van der Waals surface area (Å²) in [5.74, 6) is 0.117. The van der Waals surface area contributed by atoms with Crippen LogP contribution in [0.1, 0.15) is 38.8 Å². The third-order valence-electron chi connectivity index (χ3n) is 5.88. The van der Waals surface area contributed by atoms with Gasteiger partial charge in [-0.3, -0.25) is 14.3 Å². The maximum absolute atomic E-state index is 13.3. The summed E-state index contributed by atoms with van der Waals surface area (Å²) in [6, 6.07) is 10.8. The van der Waals surface area contributed by atoms with Gasteiger partial charge in [-0.05, 0) is 64.0 Å². The number of benzene rings is 1. The number of carbonyl (C=O) groups is 1. The second kappa shape index (κ2) is 11.0. The van der Waals surface area contributed by atoms with Crippen molar-refractivity contribution in [2.75, 3.05) is 19.6 Å². The van der Waals surface area contributed by atoms with Crippen molar-refractivity contribution in [3.63, 3.8) is 0 Å². The van der Waals surface area contributed by atoms with E-state index in [4.69, 9.17) is 11.6 Å². The average molecular weight is 483 g/mol. The largest absolute Gasteiger partial charge is 0.352 e. The number of aromatic nitrogens is 4. The quantitative estimate of drug-likeness (QED) is 0.532. The fourth-order valence-corrected chi connectivity index (χ4v) is 4.40. The van der Waals surface area contributed by atoms with Crippen LogP contribution in [0.4, 0.5) is 0 Å². The van der Waals surface area contributed by atoms with Crippen molar-refractivity contribution in [3.05, 3.63) is 63.8 Å². The number of hydrogen-bond donors (Lipinski definition) is 1. The van der Waals surface area contributed by atoms with Crippen molar-refractivity contribution in [1.29, 1.82) is 0 Å². The molecule has 1 N–H and O–H groups in total. The number of carbonyl (C=O) groups excluding carboxylic acids is 1. The van der Waals surface area contributed by atoms with E-state index in [2.05, 4.69) is 20.3 Å². The lowest BCUT2D eigenvalue weighted by atomic mass is 10.1. The van der Waals surface area contributed by atoms with E-state index >= 15 is 0 Å². The summed E-state index contributed by atoms with van der Waals surface area (Å²) in [7, 11) is 0. The Morgan fingerprint density at radius 1 is 1.15 bits per heavy atom. The van der Waals surface area contributed by atoms with Crippen molar-refractivity contribution >= 4 is 17.5 Å². The van der Waals surface area contributed by atoms with Crippen LogP contribution < -0.4 is 11.0 Å². The molecule has 0 radical (unpaired) electrons. The van der Waals surface area contributed by atoms with Crippen molar-refractivity contribution in [2.24, 2.45) is 0 Å². The highest BCUT2D eigenvalue weighted by Crippen LogP contribution is 2.21. The van der Waals surface area contributed by atoms with Gasteiger partial charge in [-0.2, -0.15) is 4.68 Å². The molecule has 3 heterocycles. The number of rotatable bonds is 8. The molecular weight excluding hydrogens is 452 g/mol. The Morgan fingerprint density at radius 2 is 1.94 bits per heavy atom. The molecule has 0 aliphatic carbocycles. The molecule has 2 aromatic heterocycles. The molecule has 0 atom stereocenters. The van der Waals surface area contributed by atoms with E-state index in [0.29, 0.717) is 22.1 Å². The SMILES string of the molecule is CC(C)NC(=O)Cn1c(-c2cccc(Cl)c2)nn(-c2ccc(CCN3CCCCC3)nc2)c1=O. The number of nitrogens with one attached hydrogen (secondary N) is 1. The van der Waals surface area contributed by atoms with Crippen LogP contribution in [0.25, 0.3) is 17.1 Å². The molecule has 1 fully saturated rings. The Labute approximate surface area is 204 Å². The molecule has 1 aliphatic heterocycles. The highest BCUT2D eigenvalue weighted by atomic mass is 35.5. The van der Waals surface area contributed by atoms with Gasteiger partial charge in [0.25, 0.3) is 0 Å². The standard InChI is InChI=1S/C25H31ClN6O2/c1-18(2)28-23(33)17-31-24(19-7-6-8-20(26)15-19)29-32(25(31)34)22-10-9-21(27-16-22)11-14-30-12-4-3-5-13-30/h6-10,15-16,18H,3-5,11-14,17H2,1-2H3,(H,28,33). The molecule has 3 aromatic rings. The molecule has 9 heteroatoms. The minimum Gasteiger partial charge on any atom is -0.352 e. The number of amides is 1. The fourth-order valence-electron chi connectivity index (χ4n) is 4.20. The van der Waals surface area contributed by atoms with Gasteiger partial charge in [0, 0.05) is 35.3 Å². The van der Waals surface area contributed by atoms with Crippen LogP contribution >= 0.6 is 11.6 Å². The average Bonchev–Trinajstić information content (AvgIpc) is 3.14. The Balaban J connectivity index is 1.60. The zero-order valence-electron chi connectivity index (χ0n) is 19.7. The van der Waals surface area contributed by atoms with Crippen LogP contribution in [0.15, 0.2) is 47.4 Å². The van der Waals surface area contributed by atoms with Gasteiger partial charge < -0.3 is 10.2 Å². The van der Waals surface area contributed by atoms with Crippen molar-refractivity contribution in [3.8, 4) is 17.1 Å². The van der Waals surface area contributed by atoms with E-state index in [1.54, 1.807) is 24.4 Å². The van der Waals surface area contributed by atoms with Crippen LogP contribution in [0.5, 0.6) is 0 Å². The minimum atomic E-state index is -0.406. The fraction of sp³-hybridized carbons (Fsp3) is 0.440. The lowest BCUT2D eigenvalue weighted by molar-refractivity contribution is -0.122. The number of pyridine rings is 1. The maximum atomic E-state index is 13.3. The molecular formula is C25H31ClN6O2. The summed E-state index contributed by atoms with van der Waals surface area (Å²) in [5, 5.41) is 7.91. The lowest BCUT2D eigenvalue weighted by Gasteiger charge is -2.26. The van der Waals surface area contributed by atoms with Gasteiger partial charge in [-0.15, -0.1) is 5.10 Å². The maximum Gasteiger partial charge on any atom is 0.351 e. The molecule has 34 heavy (non-hydrogen) atoms. The first-order chi connectivity index (χ1) is 16.4. The van der Waals surface area contributed by atoms with E-state index in [1.807, 2.05) is 32.0 Å². The summed E-state index contributed by atoms with van der Waals surface area (Å²) >= 11 is 6.17. The number of piperidine rings is 1. The Hall–Kier alpha value is -2.97. The normalized spacial score (nSPS) is 14.5. The summed E-state index contributed by atoms with van der Waals surface area (Å²) < 4.78 is 2.66. The van der Waals surface area contributed by atoms with Crippen LogP contribution in [0.3, 0.4) is 0 Å². The van der Waals surface area contributed by atoms with Crippen molar-refractivity contribution < 1.29 is 4.79 Å². The number of nitrogens with zero attached hydrogens (tertiary/aromatic N) is 5. The van der Waals surface area contributed by atoms with Gasteiger partial charge >= 0.3 is 5.69 Å². The lowest BCUT2D eigenvalue weighted by Crippen LogP contribution is -2.36. The zero-order valence-corrected chi connectivity index (χ0v) is 20.5. The third-order valence-corrected chi connectivity index (χ3v) is 6.12. The predicted molar refractivity (Wildman–Crippen MR) is 133 cm³/mol. The summed E-state index contributed by atoms with van der Waals surface area (Å²) in [4.78, 5) is 32.8. The van der Waals surface area contributed by atoms with Crippen LogP contribution in [-0.2, 0) is 17.8 Å². The summed E-state index contributed by atoms with van der Waals surface area (Å²) in [6.45, 7) is 6.91. The number of hydrogen-bond acceptors (Lipinski definition) is 5. The number of halogens is 1. The first-order valence-electron chi connectivity index (χ1n) is 11.8.